The van der Waals surface area contributed by atoms with E-state index in [-0.39, 0.29) is 5.82 Å². The highest BCUT2D eigenvalue weighted by atomic mass is 19.1. The van der Waals surface area contributed by atoms with Crippen LogP contribution in [0.4, 0.5) is 9.18 Å². The highest BCUT2D eigenvalue weighted by Crippen LogP contribution is 2.16. The third-order valence-corrected chi connectivity index (χ3v) is 3.18. The van der Waals surface area contributed by atoms with Crippen LogP contribution in [0.1, 0.15) is 32.0 Å². The molecule has 23 heavy (non-hydrogen) atoms. The predicted molar refractivity (Wildman–Crippen MR) is 86.2 cm³/mol. The van der Waals surface area contributed by atoms with Gasteiger partial charge in [-0.2, -0.15) is 0 Å². The van der Waals surface area contributed by atoms with Crippen LogP contribution < -0.4 is 5.32 Å². The van der Waals surface area contributed by atoms with Crippen molar-refractivity contribution >= 4 is 6.09 Å². The van der Waals surface area contributed by atoms with Gasteiger partial charge in [-0.3, -0.25) is 0 Å². The van der Waals surface area contributed by atoms with Crippen LogP contribution in [0.15, 0.2) is 30.7 Å². The molecule has 0 aliphatic carbocycles. The smallest absolute Gasteiger partial charge is 0.407 e. The first kappa shape index (κ1) is 17.0. The van der Waals surface area contributed by atoms with Gasteiger partial charge in [0.05, 0.1) is 6.33 Å². The number of nitrogens with zero attached hydrogens (tertiary/aromatic N) is 2. The van der Waals surface area contributed by atoms with E-state index in [1.165, 1.54) is 6.07 Å². The summed E-state index contributed by atoms with van der Waals surface area (Å²) in [4.78, 5) is 15.8. The number of imidazole rings is 1. The van der Waals surface area contributed by atoms with E-state index in [2.05, 4.69) is 10.3 Å². The first-order chi connectivity index (χ1) is 10.8. The van der Waals surface area contributed by atoms with Crippen LogP contribution in [0.25, 0.3) is 5.69 Å². The van der Waals surface area contributed by atoms with E-state index in [0.29, 0.717) is 18.5 Å². The van der Waals surface area contributed by atoms with E-state index < -0.39 is 11.7 Å². The largest absolute Gasteiger partial charge is 0.444 e. The average Bonchev–Trinajstić information content (AvgIpc) is 2.88. The summed E-state index contributed by atoms with van der Waals surface area (Å²) < 4.78 is 20.4. The molecule has 0 spiro atoms. The molecule has 0 aliphatic heterocycles. The number of aryl methyl sites for hydroxylation is 1. The van der Waals surface area contributed by atoms with Crippen molar-refractivity contribution < 1.29 is 13.9 Å². The summed E-state index contributed by atoms with van der Waals surface area (Å²) in [5.41, 5.74) is 1.83. The molecule has 0 fully saturated rings. The van der Waals surface area contributed by atoms with Crippen LogP contribution >= 0.6 is 0 Å². The number of carbonyl (C=O) groups excluding carboxylic acids is 1. The minimum atomic E-state index is -0.516. The lowest BCUT2D eigenvalue weighted by Crippen LogP contribution is -2.33. The maximum Gasteiger partial charge on any atom is 0.407 e. The molecule has 2 rings (SSSR count). The second-order valence-corrected chi connectivity index (χ2v) is 6.37. The zero-order valence-corrected chi connectivity index (χ0v) is 13.9. The maximum absolute atomic E-state index is 13.4. The molecular formula is C17H22FN3O2. The normalized spacial score (nSPS) is 11.3. The number of amides is 1. The van der Waals surface area contributed by atoms with E-state index in [9.17, 15) is 9.18 Å². The van der Waals surface area contributed by atoms with Gasteiger partial charge in [0.25, 0.3) is 0 Å². The summed E-state index contributed by atoms with van der Waals surface area (Å²) in [7, 11) is 0. The first-order valence-corrected chi connectivity index (χ1v) is 7.51. The van der Waals surface area contributed by atoms with E-state index >= 15 is 0 Å². The Morgan fingerprint density at radius 1 is 1.39 bits per heavy atom. The van der Waals surface area contributed by atoms with Crippen LogP contribution in [0.3, 0.4) is 0 Å². The van der Waals surface area contributed by atoms with Crippen LogP contribution in [-0.2, 0) is 11.2 Å². The predicted octanol–water partition coefficient (Wildman–Crippen LogP) is 3.39. The molecule has 1 amide bonds. The van der Waals surface area contributed by atoms with E-state index in [0.717, 1.165) is 11.4 Å². The van der Waals surface area contributed by atoms with Crippen molar-refractivity contribution in [1.29, 1.82) is 0 Å². The lowest BCUT2D eigenvalue weighted by Gasteiger charge is -2.19. The van der Waals surface area contributed by atoms with Crippen LogP contribution in [0, 0.1) is 12.7 Å². The molecule has 0 saturated heterocycles. The average molecular weight is 319 g/mol. The zero-order valence-electron chi connectivity index (χ0n) is 13.9. The van der Waals surface area contributed by atoms with Crippen molar-refractivity contribution in [3.05, 3.63) is 47.8 Å². The third kappa shape index (κ3) is 4.81. The molecule has 1 heterocycles. The highest BCUT2D eigenvalue weighted by molar-refractivity contribution is 5.67. The fourth-order valence-corrected chi connectivity index (χ4v) is 2.13. The molecule has 2 aromatic rings. The molecule has 0 aliphatic rings. The van der Waals surface area contributed by atoms with Crippen molar-refractivity contribution in [2.24, 2.45) is 0 Å². The van der Waals surface area contributed by atoms with Crippen molar-refractivity contribution in [1.82, 2.24) is 14.9 Å². The number of aromatic nitrogens is 2. The Morgan fingerprint density at radius 2 is 2.13 bits per heavy atom. The number of hydrogen-bond donors (Lipinski definition) is 1. The summed E-state index contributed by atoms with van der Waals surface area (Å²) in [6.45, 7) is 7.61. The molecule has 0 atom stereocenters. The van der Waals surface area contributed by atoms with Gasteiger partial charge in [-0.25, -0.2) is 14.2 Å². The lowest BCUT2D eigenvalue weighted by atomic mass is 10.2. The van der Waals surface area contributed by atoms with Crippen molar-refractivity contribution in [2.45, 2.75) is 39.7 Å². The molecule has 1 aromatic carbocycles. The van der Waals surface area contributed by atoms with Crippen LogP contribution in [0.2, 0.25) is 0 Å². The Hall–Kier alpha value is -2.37. The Bertz CT molecular complexity index is 689. The van der Waals surface area contributed by atoms with E-state index in [4.69, 9.17) is 4.74 Å². The quantitative estimate of drug-likeness (QED) is 0.940. The number of nitrogens with one attached hydrogen (secondary N) is 1. The summed E-state index contributed by atoms with van der Waals surface area (Å²) in [5, 5.41) is 2.71. The van der Waals surface area contributed by atoms with Crippen LogP contribution in [0.5, 0.6) is 0 Å². The van der Waals surface area contributed by atoms with Gasteiger partial charge in [0.15, 0.2) is 0 Å². The molecule has 6 heteroatoms. The van der Waals surface area contributed by atoms with E-state index in [1.807, 2.05) is 25.3 Å². The summed E-state index contributed by atoms with van der Waals surface area (Å²) in [5.74, 6) is -0.234. The molecule has 0 radical (unpaired) electrons. The SMILES string of the molecule is Cc1cc(-n2cncc2CCNC(=O)OC(C)(C)C)ccc1F. The molecule has 5 nitrogen and oxygen atoms in total. The fourth-order valence-electron chi connectivity index (χ4n) is 2.13. The molecule has 0 bridgehead atoms. The van der Waals surface area contributed by atoms with Gasteiger partial charge in [-0.05, 0) is 51.5 Å². The standard InChI is InChI=1S/C17H22FN3O2/c1-12-9-13(5-6-15(12)18)21-11-19-10-14(21)7-8-20-16(22)23-17(2,3)4/h5-6,9-11H,7-8H2,1-4H3,(H,20,22). The number of carbonyl (C=O) groups is 1. The second-order valence-electron chi connectivity index (χ2n) is 6.37. The summed E-state index contributed by atoms with van der Waals surface area (Å²) in [6.07, 6.45) is 3.56. The van der Waals surface area contributed by atoms with Gasteiger partial charge >= 0.3 is 6.09 Å². The van der Waals surface area contributed by atoms with Crippen molar-refractivity contribution in [2.75, 3.05) is 6.54 Å². The minimum absolute atomic E-state index is 0.234. The number of alkyl carbamates (subject to hydrolysis) is 1. The topological polar surface area (TPSA) is 56.2 Å². The number of ether oxygens (including phenoxy) is 1. The Morgan fingerprint density at radius 3 is 2.78 bits per heavy atom. The number of hydrogen-bond acceptors (Lipinski definition) is 3. The number of rotatable bonds is 4. The number of benzene rings is 1. The first-order valence-electron chi connectivity index (χ1n) is 7.51. The second kappa shape index (κ2) is 6.81. The van der Waals surface area contributed by atoms with Gasteiger partial charge < -0.3 is 14.6 Å². The van der Waals surface area contributed by atoms with E-state index in [1.54, 1.807) is 31.6 Å². The molecule has 124 valence electrons. The van der Waals surface area contributed by atoms with Crippen LogP contribution in [-0.4, -0.2) is 27.8 Å². The molecule has 0 saturated carbocycles. The molecule has 1 N–H and O–H groups in total. The Balaban J connectivity index is 1.99. The summed E-state index contributed by atoms with van der Waals surface area (Å²) >= 11 is 0. The Labute approximate surface area is 135 Å². The molecule has 1 aromatic heterocycles. The molecular weight excluding hydrogens is 297 g/mol. The van der Waals surface area contributed by atoms with Gasteiger partial charge in [0.1, 0.15) is 11.4 Å². The number of halogens is 1. The fraction of sp³-hybridized carbons (Fsp3) is 0.412. The Kier molecular flexibility index (Phi) is 5.03. The van der Waals surface area contributed by atoms with Crippen molar-refractivity contribution in [3.63, 3.8) is 0 Å². The van der Waals surface area contributed by atoms with Crippen molar-refractivity contribution in [3.8, 4) is 5.69 Å². The highest BCUT2D eigenvalue weighted by Gasteiger charge is 2.15. The molecule has 0 unspecified atom stereocenters. The summed E-state index contributed by atoms with van der Waals surface area (Å²) in [6, 6.07) is 4.91. The van der Waals surface area contributed by atoms with Gasteiger partial charge in [0, 0.05) is 30.5 Å². The van der Waals surface area contributed by atoms with Gasteiger partial charge in [-0.15, -0.1) is 0 Å². The lowest BCUT2D eigenvalue weighted by molar-refractivity contribution is 0.0528. The van der Waals surface area contributed by atoms with Gasteiger partial charge in [-0.1, -0.05) is 0 Å². The monoisotopic (exact) mass is 319 g/mol. The minimum Gasteiger partial charge on any atom is -0.444 e. The maximum atomic E-state index is 13.4. The third-order valence-electron chi connectivity index (χ3n) is 3.18. The van der Waals surface area contributed by atoms with Gasteiger partial charge in [0.2, 0.25) is 0 Å². The zero-order chi connectivity index (χ0) is 17.0.